The lowest BCUT2D eigenvalue weighted by molar-refractivity contribution is -0.120. The zero-order valence-electron chi connectivity index (χ0n) is 19.0. The van der Waals surface area contributed by atoms with Crippen LogP contribution in [0.1, 0.15) is 18.4 Å². The maximum absolute atomic E-state index is 12.9. The Labute approximate surface area is 205 Å². The number of nitrogens with one attached hydrogen (secondary N) is 1. The summed E-state index contributed by atoms with van der Waals surface area (Å²) in [4.78, 5) is 14.2. The predicted molar refractivity (Wildman–Crippen MR) is 136 cm³/mol. The summed E-state index contributed by atoms with van der Waals surface area (Å²) in [6.45, 7) is 0.643. The monoisotopic (exact) mass is 496 g/mol. The molecule has 1 amide bonds. The standard InChI is InChI=1S/C26H28N2O4S2/c1-32-23-11-13-25(14-12-23)34(30,31)28-17-15-21(16-18-28)26(29)27-22-9-7-20(8-10-22)19-33-24-5-3-2-4-6-24/h2-14,21H,15-19H2,1H3,(H,27,29). The highest BCUT2D eigenvalue weighted by atomic mass is 32.2. The normalized spacial score (nSPS) is 15.1. The highest BCUT2D eigenvalue weighted by molar-refractivity contribution is 7.98. The number of rotatable bonds is 8. The van der Waals surface area contributed by atoms with Gasteiger partial charge in [0.25, 0.3) is 0 Å². The van der Waals surface area contributed by atoms with Gasteiger partial charge in [-0.25, -0.2) is 8.42 Å². The van der Waals surface area contributed by atoms with Gasteiger partial charge < -0.3 is 10.1 Å². The third-order valence-electron chi connectivity index (χ3n) is 5.89. The van der Waals surface area contributed by atoms with Crippen molar-refractivity contribution in [1.29, 1.82) is 0 Å². The molecular formula is C26H28N2O4S2. The topological polar surface area (TPSA) is 75.7 Å². The fourth-order valence-corrected chi connectivity index (χ4v) is 6.21. The third-order valence-corrected chi connectivity index (χ3v) is 8.89. The van der Waals surface area contributed by atoms with Crippen molar-refractivity contribution >= 4 is 33.4 Å². The lowest BCUT2D eigenvalue weighted by Gasteiger charge is -2.30. The van der Waals surface area contributed by atoms with E-state index in [0.717, 1.165) is 11.4 Å². The van der Waals surface area contributed by atoms with Gasteiger partial charge in [-0.3, -0.25) is 4.79 Å². The van der Waals surface area contributed by atoms with E-state index in [1.807, 2.05) is 42.5 Å². The number of ether oxygens (including phenoxy) is 1. The molecular weight excluding hydrogens is 468 g/mol. The average molecular weight is 497 g/mol. The largest absolute Gasteiger partial charge is 0.497 e. The Bertz CT molecular complexity index is 1190. The van der Waals surface area contributed by atoms with E-state index in [1.54, 1.807) is 43.1 Å². The molecule has 1 fully saturated rings. The van der Waals surface area contributed by atoms with Crippen LogP contribution in [-0.2, 0) is 20.6 Å². The number of amides is 1. The first-order valence-corrected chi connectivity index (χ1v) is 13.6. The predicted octanol–water partition coefficient (Wildman–Crippen LogP) is 5.03. The number of thioether (sulfide) groups is 1. The smallest absolute Gasteiger partial charge is 0.243 e. The lowest BCUT2D eigenvalue weighted by Crippen LogP contribution is -2.41. The second-order valence-corrected chi connectivity index (χ2v) is 11.1. The van der Waals surface area contributed by atoms with Gasteiger partial charge in [0.05, 0.1) is 12.0 Å². The Morgan fingerprint density at radius 3 is 2.24 bits per heavy atom. The number of hydrogen-bond donors (Lipinski definition) is 1. The zero-order valence-corrected chi connectivity index (χ0v) is 20.6. The maximum Gasteiger partial charge on any atom is 0.243 e. The van der Waals surface area contributed by atoms with Gasteiger partial charge in [0.1, 0.15) is 5.75 Å². The van der Waals surface area contributed by atoms with E-state index in [0.29, 0.717) is 31.7 Å². The van der Waals surface area contributed by atoms with Crippen LogP contribution in [0.3, 0.4) is 0 Å². The molecule has 0 aromatic heterocycles. The van der Waals surface area contributed by atoms with E-state index in [2.05, 4.69) is 17.4 Å². The summed E-state index contributed by atoms with van der Waals surface area (Å²) >= 11 is 1.77. The number of hydrogen-bond acceptors (Lipinski definition) is 5. The Morgan fingerprint density at radius 1 is 0.971 bits per heavy atom. The van der Waals surface area contributed by atoms with Crippen molar-refractivity contribution in [2.45, 2.75) is 28.4 Å². The minimum absolute atomic E-state index is 0.0621. The van der Waals surface area contributed by atoms with Crippen LogP contribution in [0, 0.1) is 5.92 Å². The van der Waals surface area contributed by atoms with Crippen LogP contribution in [0.5, 0.6) is 5.75 Å². The van der Waals surface area contributed by atoms with Crippen molar-refractivity contribution in [3.63, 3.8) is 0 Å². The number of methoxy groups -OCH3 is 1. The Balaban J connectivity index is 1.27. The van der Waals surface area contributed by atoms with Gasteiger partial charge in [0.2, 0.25) is 15.9 Å². The Hall–Kier alpha value is -2.81. The van der Waals surface area contributed by atoms with E-state index in [-0.39, 0.29) is 16.7 Å². The summed E-state index contributed by atoms with van der Waals surface area (Å²) < 4.78 is 32.4. The molecule has 6 nitrogen and oxygen atoms in total. The second kappa shape index (κ2) is 11.1. The van der Waals surface area contributed by atoms with Crippen molar-refractivity contribution in [2.24, 2.45) is 5.92 Å². The highest BCUT2D eigenvalue weighted by Crippen LogP contribution is 2.27. The molecule has 1 saturated heterocycles. The van der Waals surface area contributed by atoms with Gasteiger partial charge in [-0.2, -0.15) is 4.31 Å². The third kappa shape index (κ3) is 6.00. The first-order chi connectivity index (χ1) is 16.5. The van der Waals surface area contributed by atoms with Crippen molar-refractivity contribution in [3.05, 3.63) is 84.4 Å². The molecule has 0 radical (unpaired) electrons. The van der Waals surface area contributed by atoms with Crippen molar-refractivity contribution in [2.75, 3.05) is 25.5 Å². The van der Waals surface area contributed by atoms with Gasteiger partial charge in [0, 0.05) is 35.3 Å². The van der Waals surface area contributed by atoms with Crippen LogP contribution in [-0.4, -0.2) is 38.8 Å². The molecule has 0 saturated carbocycles. The van der Waals surface area contributed by atoms with E-state index in [4.69, 9.17) is 4.74 Å². The minimum atomic E-state index is -3.58. The summed E-state index contributed by atoms with van der Waals surface area (Å²) in [5, 5.41) is 2.98. The lowest BCUT2D eigenvalue weighted by atomic mass is 9.97. The second-order valence-electron chi connectivity index (χ2n) is 8.14. The summed E-state index contributed by atoms with van der Waals surface area (Å²) in [5.41, 5.74) is 1.94. The Morgan fingerprint density at radius 2 is 1.62 bits per heavy atom. The molecule has 0 atom stereocenters. The van der Waals surface area contributed by atoms with Crippen LogP contribution in [0.15, 0.2) is 88.7 Å². The molecule has 0 spiro atoms. The first-order valence-electron chi connectivity index (χ1n) is 11.2. The summed E-state index contributed by atoms with van der Waals surface area (Å²) in [7, 11) is -2.04. The van der Waals surface area contributed by atoms with Crippen molar-refractivity contribution < 1.29 is 17.9 Å². The van der Waals surface area contributed by atoms with Crippen LogP contribution < -0.4 is 10.1 Å². The summed E-state index contributed by atoms with van der Waals surface area (Å²) in [6, 6.07) is 24.5. The maximum atomic E-state index is 12.9. The fourth-order valence-electron chi connectivity index (χ4n) is 3.87. The van der Waals surface area contributed by atoms with Gasteiger partial charge in [0.15, 0.2) is 0 Å². The molecule has 1 N–H and O–H groups in total. The van der Waals surface area contributed by atoms with E-state index < -0.39 is 10.0 Å². The number of sulfonamides is 1. The molecule has 34 heavy (non-hydrogen) atoms. The molecule has 0 aliphatic carbocycles. The van der Waals surface area contributed by atoms with E-state index in [1.165, 1.54) is 14.8 Å². The number of benzene rings is 3. The van der Waals surface area contributed by atoms with Gasteiger partial charge in [-0.1, -0.05) is 30.3 Å². The van der Waals surface area contributed by atoms with Crippen molar-refractivity contribution in [1.82, 2.24) is 4.31 Å². The fraction of sp³-hybridized carbons (Fsp3) is 0.269. The molecule has 178 valence electrons. The molecule has 0 unspecified atom stereocenters. The number of piperidine rings is 1. The van der Waals surface area contributed by atoms with E-state index >= 15 is 0 Å². The van der Waals surface area contributed by atoms with Crippen molar-refractivity contribution in [3.8, 4) is 5.75 Å². The summed E-state index contributed by atoms with van der Waals surface area (Å²) in [6.07, 6.45) is 0.986. The molecule has 1 aliphatic heterocycles. The van der Waals surface area contributed by atoms with Crippen LogP contribution in [0.4, 0.5) is 5.69 Å². The first kappa shape index (κ1) is 24.3. The van der Waals surface area contributed by atoms with Crippen LogP contribution in [0.25, 0.3) is 0 Å². The molecule has 1 heterocycles. The molecule has 0 bridgehead atoms. The number of nitrogens with zero attached hydrogens (tertiary/aromatic N) is 1. The molecule has 4 rings (SSSR count). The Kier molecular flexibility index (Phi) is 7.92. The quantitative estimate of drug-likeness (QED) is 0.443. The highest BCUT2D eigenvalue weighted by Gasteiger charge is 2.32. The molecule has 8 heteroatoms. The van der Waals surface area contributed by atoms with Gasteiger partial charge >= 0.3 is 0 Å². The number of anilines is 1. The minimum Gasteiger partial charge on any atom is -0.497 e. The molecule has 1 aliphatic rings. The van der Waals surface area contributed by atoms with E-state index in [9.17, 15) is 13.2 Å². The molecule has 3 aromatic carbocycles. The average Bonchev–Trinajstić information content (AvgIpc) is 2.89. The zero-order chi connectivity index (χ0) is 24.0. The number of carbonyl (C=O) groups excluding carboxylic acids is 1. The summed E-state index contributed by atoms with van der Waals surface area (Å²) in [5.74, 6) is 1.19. The van der Waals surface area contributed by atoms with Gasteiger partial charge in [-0.15, -0.1) is 11.8 Å². The van der Waals surface area contributed by atoms with Gasteiger partial charge in [-0.05, 0) is 66.9 Å². The van der Waals surface area contributed by atoms with Crippen LogP contribution >= 0.6 is 11.8 Å². The molecule has 3 aromatic rings. The number of carbonyl (C=O) groups is 1. The SMILES string of the molecule is COc1ccc(S(=O)(=O)N2CCC(C(=O)Nc3ccc(CSc4ccccc4)cc3)CC2)cc1. The van der Waals surface area contributed by atoms with Crippen LogP contribution in [0.2, 0.25) is 0 Å².